The highest BCUT2D eigenvalue weighted by Crippen LogP contribution is 2.33. The molecule has 0 fully saturated rings. The number of thiocarbonyl (C=S) groups is 1. The minimum Gasteiger partial charge on any atom is -0.332 e. The monoisotopic (exact) mass is 344 g/mol. The summed E-state index contributed by atoms with van der Waals surface area (Å²) < 4.78 is 38.1. The molecule has 0 aliphatic rings. The van der Waals surface area contributed by atoms with E-state index in [1.807, 2.05) is 31.2 Å². The zero-order valence-corrected chi connectivity index (χ0v) is 13.0. The van der Waals surface area contributed by atoms with Gasteiger partial charge in [0.1, 0.15) is 0 Å². The number of halogens is 4. The fourth-order valence-electron chi connectivity index (χ4n) is 1.72. The van der Waals surface area contributed by atoms with Gasteiger partial charge in [0.25, 0.3) is 0 Å². The fraction of sp³-hybridized carbons (Fsp3) is 0.133. The molecule has 2 aromatic carbocycles. The maximum Gasteiger partial charge on any atom is 0.416 e. The lowest BCUT2D eigenvalue weighted by molar-refractivity contribution is -0.137. The van der Waals surface area contributed by atoms with Gasteiger partial charge >= 0.3 is 6.18 Å². The van der Waals surface area contributed by atoms with Gasteiger partial charge in [-0.25, -0.2) is 0 Å². The van der Waals surface area contributed by atoms with Gasteiger partial charge in [0.15, 0.2) is 5.11 Å². The van der Waals surface area contributed by atoms with E-state index < -0.39 is 11.7 Å². The van der Waals surface area contributed by atoms with Gasteiger partial charge in [0.05, 0.1) is 16.3 Å². The first-order valence-electron chi connectivity index (χ1n) is 6.27. The normalized spacial score (nSPS) is 11.1. The molecule has 2 N–H and O–H groups in total. The molecule has 0 amide bonds. The summed E-state index contributed by atoms with van der Waals surface area (Å²) >= 11 is 11.0. The number of alkyl halides is 3. The van der Waals surface area contributed by atoms with E-state index in [0.29, 0.717) is 0 Å². The molecule has 2 nitrogen and oxygen atoms in total. The molecule has 0 aliphatic heterocycles. The van der Waals surface area contributed by atoms with Crippen LogP contribution in [0.2, 0.25) is 5.02 Å². The van der Waals surface area contributed by atoms with Crippen molar-refractivity contribution in [3.63, 3.8) is 0 Å². The molecule has 0 radical (unpaired) electrons. The maximum atomic E-state index is 12.7. The van der Waals surface area contributed by atoms with Crippen LogP contribution in [-0.4, -0.2) is 5.11 Å². The van der Waals surface area contributed by atoms with Crippen molar-refractivity contribution in [3.05, 3.63) is 58.6 Å². The van der Waals surface area contributed by atoms with Gasteiger partial charge in [-0.1, -0.05) is 29.3 Å². The Hall–Kier alpha value is -1.79. The number of anilines is 2. The number of aryl methyl sites for hydroxylation is 1. The first-order valence-corrected chi connectivity index (χ1v) is 7.06. The van der Waals surface area contributed by atoms with Crippen molar-refractivity contribution in [2.45, 2.75) is 13.1 Å². The molecule has 116 valence electrons. The van der Waals surface area contributed by atoms with Crippen LogP contribution in [0.3, 0.4) is 0 Å². The van der Waals surface area contributed by atoms with E-state index in [0.717, 1.165) is 23.4 Å². The molecule has 7 heteroatoms. The summed E-state index contributed by atoms with van der Waals surface area (Å²) in [5.41, 5.74) is 1.12. The molecule has 22 heavy (non-hydrogen) atoms. The summed E-state index contributed by atoms with van der Waals surface area (Å²) in [6, 6.07) is 10.4. The van der Waals surface area contributed by atoms with E-state index in [-0.39, 0.29) is 15.8 Å². The molecule has 2 rings (SSSR count). The third kappa shape index (κ3) is 4.35. The van der Waals surface area contributed by atoms with Gasteiger partial charge < -0.3 is 10.6 Å². The molecule has 2 aromatic rings. The van der Waals surface area contributed by atoms with Crippen molar-refractivity contribution in [2.24, 2.45) is 0 Å². The lowest BCUT2D eigenvalue weighted by Gasteiger charge is -2.14. The Labute approximate surface area is 136 Å². The van der Waals surface area contributed by atoms with Crippen molar-refractivity contribution < 1.29 is 13.2 Å². The van der Waals surface area contributed by atoms with Crippen LogP contribution in [-0.2, 0) is 6.18 Å². The largest absolute Gasteiger partial charge is 0.416 e. The predicted molar refractivity (Wildman–Crippen MR) is 87.5 cm³/mol. The third-order valence-electron chi connectivity index (χ3n) is 2.85. The van der Waals surface area contributed by atoms with E-state index >= 15 is 0 Å². The lowest BCUT2D eigenvalue weighted by Crippen LogP contribution is -2.19. The van der Waals surface area contributed by atoms with Crippen LogP contribution in [0.4, 0.5) is 24.5 Å². The summed E-state index contributed by atoms with van der Waals surface area (Å²) in [5, 5.41) is 5.87. The van der Waals surface area contributed by atoms with Gasteiger partial charge in [-0.05, 0) is 49.5 Å². The predicted octanol–water partition coefficient (Wildman–Crippen LogP) is 5.48. The number of benzene rings is 2. The second-order valence-electron chi connectivity index (χ2n) is 4.64. The standard InChI is InChI=1S/C15H12ClF3N2S/c1-9-2-5-11(6-3-9)20-14(22)21-13-8-10(15(17,18)19)4-7-12(13)16/h2-8H,1H3,(H2,20,21,22). The molecule has 0 aliphatic carbocycles. The zero-order chi connectivity index (χ0) is 16.3. The zero-order valence-electron chi connectivity index (χ0n) is 11.5. The Morgan fingerprint density at radius 1 is 1.05 bits per heavy atom. The SMILES string of the molecule is Cc1ccc(NC(=S)Nc2cc(C(F)(F)F)ccc2Cl)cc1. The van der Waals surface area contributed by atoms with Crippen LogP contribution < -0.4 is 10.6 Å². The van der Waals surface area contributed by atoms with Crippen LogP contribution >= 0.6 is 23.8 Å². The van der Waals surface area contributed by atoms with Gasteiger partial charge in [-0.3, -0.25) is 0 Å². The Kier molecular flexibility index (Phi) is 4.93. The molecule has 0 unspecified atom stereocenters. The van der Waals surface area contributed by atoms with Gasteiger partial charge in [-0.15, -0.1) is 0 Å². The van der Waals surface area contributed by atoms with E-state index in [9.17, 15) is 13.2 Å². The number of hydrogen-bond donors (Lipinski definition) is 2. The number of rotatable bonds is 2. The maximum absolute atomic E-state index is 12.7. The smallest absolute Gasteiger partial charge is 0.332 e. The van der Waals surface area contributed by atoms with E-state index in [1.54, 1.807) is 0 Å². The summed E-state index contributed by atoms with van der Waals surface area (Å²) in [6.07, 6.45) is -4.44. The highest BCUT2D eigenvalue weighted by Gasteiger charge is 2.31. The Morgan fingerprint density at radius 2 is 1.68 bits per heavy atom. The Morgan fingerprint density at radius 3 is 2.27 bits per heavy atom. The Balaban J connectivity index is 2.12. The molecular weight excluding hydrogens is 333 g/mol. The molecule has 0 saturated carbocycles. The molecule has 0 atom stereocenters. The number of hydrogen-bond acceptors (Lipinski definition) is 1. The average Bonchev–Trinajstić information content (AvgIpc) is 2.42. The van der Waals surface area contributed by atoms with Gasteiger partial charge in [-0.2, -0.15) is 13.2 Å². The van der Waals surface area contributed by atoms with Crippen molar-refractivity contribution in [2.75, 3.05) is 10.6 Å². The molecular formula is C15H12ClF3N2S. The quantitative estimate of drug-likeness (QED) is 0.706. The molecule has 0 saturated heterocycles. The lowest BCUT2D eigenvalue weighted by atomic mass is 10.2. The summed E-state index contributed by atoms with van der Waals surface area (Å²) in [5.74, 6) is 0. The van der Waals surface area contributed by atoms with Crippen LogP contribution in [0.1, 0.15) is 11.1 Å². The minimum absolute atomic E-state index is 0.0982. The summed E-state index contributed by atoms with van der Waals surface area (Å²) in [6.45, 7) is 1.95. The summed E-state index contributed by atoms with van der Waals surface area (Å²) in [4.78, 5) is 0. The van der Waals surface area contributed by atoms with Crippen LogP contribution in [0.5, 0.6) is 0 Å². The second-order valence-corrected chi connectivity index (χ2v) is 5.45. The highest BCUT2D eigenvalue weighted by atomic mass is 35.5. The summed E-state index contributed by atoms with van der Waals surface area (Å²) in [7, 11) is 0. The van der Waals surface area contributed by atoms with Gasteiger partial charge in [0.2, 0.25) is 0 Å². The van der Waals surface area contributed by atoms with E-state index in [1.165, 1.54) is 6.07 Å². The molecule has 0 aromatic heterocycles. The number of nitrogens with one attached hydrogen (secondary N) is 2. The first kappa shape index (κ1) is 16.6. The topological polar surface area (TPSA) is 24.1 Å². The third-order valence-corrected chi connectivity index (χ3v) is 3.39. The first-order chi connectivity index (χ1) is 10.3. The Bertz CT molecular complexity index is 684. The minimum atomic E-state index is -4.44. The van der Waals surface area contributed by atoms with E-state index in [4.69, 9.17) is 23.8 Å². The van der Waals surface area contributed by atoms with Crippen LogP contribution in [0.15, 0.2) is 42.5 Å². The van der Waals surface area contributed by atoms with Crippen molar-refractivity contribution in [1.29, 1.82) is 0 Å². The highest BCUT2D eigenvalue weighted by molar-refractivity contribution is 7.80. The molecule has 0 heterocycles. The molecule has 0 bridgehead atoms. The fourth-order valence-corrected chi connectivity index (χ4v) is 2.11. The second kappa shape index (κ2) is 6.54. The van der Waals surface area contributed by atoms with Gasteiger partial charge in [0, 0.05) is 5.69 Å². The molecule has 0 spiro atoms. The van der Waals surface area contributed by atoms with Crippen molar-refractivity contribution >= 4 is 40.3 Å². The average molecular weight is 345 g/mol. The van der Waals surface area contributed by atoms with E-state index in [2.05, 4.69) is 10.6 Å². The van der Waals surface area contributed by atoms with Crippen molar-refractivity contribution in [1.82, 2.24) is 0 Å². The van der Waals surface area contributed by atoms with Crippen molar-refractivity contribution in [3.8, 4) is 0 Å². The van der Waals surface area contributed by atoms with Crippen LogP contribution in [0.25, 0.3) is 0 Å². The van der Waals surface area contributed by atoms with Crippen LogP contribution in [0, 0.1) is 6.92 Å².